The van der Waals surface area contributed by atoms with Gasteiger partial charge in [0, 0.05) is 12.1 Å². The monoisotopic (exact) mass is 259 g/mol. The first kappa shape index (κ1) is 12.6. The fourth-order valence-corrected chi connectivity index (χ4v) is 4.35. The Kier molecular flexibility index (Phi) is 3.58. The van der Waals surface area contributed by atoms with Crippen LogP contribution in [0.25, 0.3) is 0 Å². The summed E-state index contributed by atoms with van der Waals surface area (Å²) < 4.78 is 39.1. The highest BCUT2D eigenvalue weighted by atomic mass is 32.2. The zero-order valence-electron chi connectivity index (χ0n) is 9.80. The SMILES string of the molecule is CCCC1C(NC)c2cc(F)cc(F)c2S1=O. The number of hydrogen-bond acceptors (Lipinski definition) is 2. The Morgan fingerprint density at radius 1 is 1.41 bits per heavy atom. The van der Waals surface area contributed by atoms with Crippen LogP contribution >= 0.6 is 0 Å². The number of fused-ring (bicyclic) bond motifs is 1. The van der Waals surface area contributed by atoms with Crippen molar-refractivity contribution in [1.29, 1.82) is 0 Å². The van der Waals surface area contributed by atoms with Crippen LogP contribution in [-0.2, 0) is 10.8 Å². The third kappa shape index (κ3) is 2.02. The Hall–Kier alpha value is -0.810. The molecule has 1 aromatic carbocycles. The van der Waals surface area contributed by atoms with Crippen molar-refractivity contribution in [3.05, 3.63) is 29.3 Å². The molecule has 17 heavy (non-hydrogen) atoms. The summed E-state index contributed by atoms with van der Waals surface area (Å²) in [6.07, 6.45) is 1.60. The van der Waals surface area contributed by atoms with Gasteiger partial charge < -0.3 is 5.32 Å². The van der Waals surface area contributed by atoms with Gasteiger partial charge in [0.05, 0.1) is 20.9 Å². The van der Waals surface area contributed by atoms with E-state index in [-0.39, 0.29) is 16.2 Å². The summed E-state index contributed by atoms with van der Waals surface area (Å²) in [5, 5.41) is 2.84. The molecular weight excluding hydrogens is 244 g/mol. The van der Waals surface area contributed by atoms with Crippen molar-refractivity contribution < 1.29 is 13.0 Å². The fourth-order valence-electron chi connectivity index (χ4n) is 2.40. The van der Waals surface area contributed by atoms with Crippen molar-refractivity contribution in [1.82, 2.24) is 5.32 Å². The van der Waals surface area contributed by atoms with Crippen LogP contribution in [0, 0.1) is 11.6 Å². The highest BCUT2D eigenvalue weighted by Crippen LogP contribution is 2.40. The van der Waals surface area contributed by atoms with Gasteiger partial charge in [-0.05, 0) is 25.1 Å². The molecule has 0 spiro atoms. The quantitative estimate of drug-likeness (QED) is 0.903. The van der Waals surface area contributed by atoms with Crippen molar-refractivity contribution >= 4 is 10.8 Å². The molecule has 5 heteroatoms. The lowest BCUT2D eigenvalue weighted by molar-refractivity contribution is 0.520. The summed E-state index contributed by atoms with van der Waals surface area (Å²) in [7, 11) is 0.335. The predicted molar refractivity (Wildman–Crippen MR) is 63.3 cm³/mol. The molecule has 2 rings (SSSR count). The summed E-state index contributed by atoms with van der Waals surface area (Å²) in [5.74, 6) is -1.31. The molecule has 0 saturated carbocycles. The van der Waals surface area contributed by atoms with E-state index in [1.807, 2.05) is 6.92 Å². The molecular formula is C12H15F2NOS. The maximum absolute atomic E-state index is 13.7. The van der Waals surface area contributed by atoms with E-state index in [4.69, 9.17) is 0 Å². The Balaban J connectivity index is 2.52. The van der Waals surface area contributed by atoms with Crippen LogP contribution in [-0.4, -0.2) is 16.5 Å². The van der Waals surface area contributed by atoms with Crippen molar-refractivity contribution in [3.63, 3.8) is 0 Å². The predicted octanol–water partition coefficient (Wildman–Crippen LogP) is 2.52. The van der Waals surface area contributed by atoms with E-state index in [0.717, 1.165) is 18.9 Å². The molecule has 3 unspecified atom stereocenters. The standard InChI is InChI=1S/C12H15F2NOS/c1-3-4-10-11(15-2)8-5-7(13)6-9(14)12(8)17(10)16/h5-6,10-11,15H,3-4H2,1-2H3. The molecule has 0 aromatic heterocycles. The Morgan fingerprint density at radius 2 is 2.12 bits per heavy atom. The number of nitrogens with one attached hydrogen (secondary N) is 1. The van der Waals surface area contributed by atoms with Crippen LogP contribution in [0.1, 0.15) is 31.4 Å². The zero-order valence-corrected chi connectivity index (χ0v) is 10.6. The molecule has 0 bridgehead atoms. The first-order valence-corrected chi connectivity index (χ1v) is 6.88. The second-order valence-corrected chi connectivity index (χ2v) is 5.81. The van der Waals surface area contributed by atoms with Crippen LogP contribution in [0.4, 0.5) is 8.78 Å². The summed E-state index contributed by atoms with van der Waals surface area (Å²) in [6.45, 7) is 1.99. The van der Waals surface area contributed by atoms with Crippen molar-refractivity contribution in [2.75, 3.05) is 7.05 Å². The Morgan fingerprint density at radius 3 is 2.71 bits per heavy atom. The first-order chi connectivity index (χ1) is 8.10. The van der Waals surface area contributed by atoms with E-state index in [1.165, 1.54) is 6.07 Å². The van der Waals surface area contributed by atoms with E-state index in [9.17, 15) is 13.0 Å². The van der Waals surface area contributed by atoms with E-state index in [2.05, 4.69) is 5.32 Å². The van der Waals surface area contributed by atoms with Gasteiger partial charge in [0.2, 0.25) is 0 Å². The van der Waals surface area contributed by atoms with Gasteiger partial charge >= 0.3 is 0 Å². The fraction of sp³-hybridized carbons (Fsp3) is 0.500. The molecule has 0 fully saturated rings. The Bertz CT molecular complexity index is 464. The zero-order chi connectivity index (χ0) is 12.6. The summed E-state index contributed by atoms with van der Waals surface area (Å²) in [6, 6.07) is 1.86. The van der Waals surface area contributed by atoms with Gasteiger partial charge in [0.15, 0.2) is 0 Å². The normalized spacial score (nSPS) is 27.2. The largest absolute Gasteiger partial charge is 0.312 e. The minimum Gasteiger partial charge on any atom is -0.312 e. The second-order valence-electron chi connectivity index (χ2n) is 4.20. The van der Waals surface area contributed by atoms with Crippen molar-refractivity contribution in [2.24, 2.45) is 0 Å². The summed E-state index contributed by atoms with van der Waals surface area (Å²) >= 11 is 0. The number of benzene rings is 1. The van der Waals surface area contributed by atoms with Crippen LogP contribution in [0.5, 0.6) is 0 Å². The van der Waals surface area contributed by atoms with Gasteiger partial charge in [0.25, 0.3) is 0 Å². The maximum Gasteiger partial charge on any atom is 0.142 e. The molecule has 94 valence electrons. The van der Waals surface area contributed by atoms with E-state index >= 15 is 0 Å². The van der Waals surface area contributed by atoms with Crippen molar-refractivity contribution in [3.8, 4) is 0 Å². The lowest BCUT2D eigenvalue weighted by Crippen LogP contribution is -2.26. The molecule has 1 aliphatic heterocycles. The van der Waals surface area contributed by atoms with Crippen LogP contribution < -0.4 is 5.32 Å². The minimum absolute atomic E-state index is 0.170. The van der Waals surface area contributed by atoms with Gasteiger partial charge in [-0.3, -0.25) is 4.21 Å². The molecule has 1 heterocycles. The van der Waals surface area contributed by atoms with Crippen LogP contribution in [0.3, 0.4) is 0 Å². The average Bonchev–Trinajstić information content (AvgIpc) is 2.52. The van der Waals surface area contributed by atoms with Crippen LogP contribution in [0.2, 0.25) is 0 Å². The second kappa shape index (κ2) is 4.82. The van der Waals surface area contributed by atoms with E-state index in [0.29, 0.717) is 5.56 Å². The first-order valence-electron chi connectivity index (χ1n) is 5.67. The molecule has 0 amide bonds. The molecule has 1 aromatic rings. The van der Waals surface area contributed by atoms with Gasteiger partial charge in [-0.15, -0.1) is 0 Å². The smallest absolute Gasteiger partial charge is 0.142 e. The molecule has 1 aliphatic rings. The lowest BCUT2D eigenvalue weighted by Gasteiger charge is -2.17. The van der Waals surface area contributed by atoms with Crippen LogP contribution in [0.15, 0.2) is 17.0 Å². The number of halogens is 2. The Labute approximate surface area is 102 Å². The van der Waals surface area contributed by atoms with E-state index < -0.39 is 22.4 Å². The molecule has 3 atom stereocenters. The van der Waals surface area contributed by atoms with Gasteiger partial charge in [-0.2, -0.15) is 0 Å². The highest BCUT2D eigenvalue weighted by Gasteiger charge is 2.39. The maximum atomic E-state index is 13.7. The van der Waals surface area contributed by atoms with E-state index in [1.54, 1.807) is 7.05 Å². The highest BCUT2D eigenvalue weighted by molar-refractivity contribution is 7.86. The molecule has 0 saturated heterocycles. The minimum atomic E-state index is -1.39. The summed E-state index contributed by atoms with van der Waals surface area (Å²) in [5.41, 5.74) is 0.502. The average molecular weight is 259 g/mol. The number of hydrogen-bond donors (Lipinski definition) is 1. The third-order valence-corrected chi connectivity index (χ3v) is 5.00. The molecule has 0 radical (unpaired) electrons. The molecule has 2 nitrogen and oxygen atoms in total. The molecule has 0 aliphatic carbocycles. The summed E-state index contributed by atoms with van der Waals surface area (Å²) in [4.78, 5) is 0.171. The van der Waals surface area contributed by atoms with Gasteiger partial charge in [-0.25, -0.2) is 8.78 Å². The third-order valence-electron chi connectivity index (χ3n) is 3.10. The van der Waals surface area contributed by atoms with Gasteiger partial charge in [-0.1, -0.05) is 13.3 Å². The lowest BCUT2D eigenvalue weighted by atomic mass is 10.0. The van der Waals surface area contributed by atoms with Gasteiger partial charge in [0.1, 0.15) is 11.6 Å². The van der Waals surface area contributed by atoms with Crippen molar-refractivity contribution in [2.45, 2.75) is 36.0 Å². The topological polar surface area (TPSA) is 29.1 Å². The molecule has 1 N–H and O–H groups in total. The number of rotatable bonds is 3.